The molecule has 3 atom stereocenters. The molecule has 16 heavy (non-hydrogen) atoms. The molecule has 0 spiro atoms. The zero-order valence-corrected chi connectivity index (χ0v) is 10.3. The van der Waals surface area contributed by atoms with E-state index in [0.29, 0.717) is 5.92 Å². The molecule has 0 aliphatic carbocycles. The fraction of sp³-hybridized carbons (Fsp3) is 0.692. The fourth-order valence-electron chi connectivity index (χ4n) is 2.36. The minimum atomic E-state index is 0.191. The van der Waals surface area contributed by atoms with Gasteiger partial charge in [0.1, 0.15) is 11.5 Å². The second kappa shape index (κ2) is 5.02. The summed E-state index contributed by atoms with van der Waals surface area (Å²) in [5.74, 6) is 2.55. The van der Waals surface area contributed by atoms with Gasteiger partial charge in [-0.3, -0.25) is 0 Å². The van der Waals surface area contributed by atoms with Gasteiger partial charge in [-0.1, -0.05) is 13.8 Å². The summed E-state index contributed by atoms with van der Waals surface area (Å²) < 4.78 is 11.5. The number of rotatable bonds is 4. The normalized spacial score (nSPS) is 27.2. The third kappa shape index (κ3) is 2.30. The minimum Gasteiger partial charge on any atom is -0.465 e. The molecule has 1 N–H and O–H groups in total. The van der Waals surface area contributed by atoms with E-state index in [1.807, 2.05) is 13.0 Å². The van der Waals surface area contributed by atoms with E-state index in [-0.39, 0.29) is 12.1 Å². The number of aryl methyl sites for hydroxylation is 1. The van der Waals surface area contributed by atoms with Crippen LogP contribution >= 0.6 is 0 Å². The first-order valence-corrected chi connectivity index (χ1v) is 6.13. The van der Waals surface area contributed by atoms with Gasteiger partial charge >= 0.3 is 0 Å². The van der Waals surface area contributed by atoms with E-state index in [1.165, 1.54) is 0 Å². The van der Waals surface area contributed by atoms with Crippen LogP contribution < -0.4 is 5.32 Å². The second-order valence-corrected chi connectivity index (χ2v) is 4.59. The number of ether oxygens (including phenoxy) is 1. The maximum atomic E-state index is 5.82. The highest BCUT2D eigenvalue weighted by Gasteiger charge is 2.34. The van der Waals surface area contributed by atoms with Crippen molar-refractivity contribution >= 4 is 0 Å². The number of likely N-dealkylation sites (N-methyl/N-ethyl adjacent to an activating group) is 1. The summed E-state index contributed by atoms with van der Waals surface area (Å²) in [4.78, 5) is 0. The Balaban J connectivity index is 2.16. The third-order valence-electron chi connectivity index (χ3n) is 3.26. The smallest absolute Gasteiger partial charge is 0.123 e. The molecule has 3 heteroatoms. The number of hydrogen-bond acceptors (Lipinski definition) is 3. The van der Waals surface area contributed by atoms with Gasteiger partial charge in [-0.25, -0.2) is 0 Å². The molecule has 1 aromatic heterocycles. The molecule has 0 saturated carbocycles. The maximum absolute atomic E-state index is 5.82. The molecule has 1 fully saturated rings. The van der Waals surface area contributed by atoms with E-state index in [4.69, 9.17) is 9.15 Å². The molecule has 2 heterocycles. The van der Waals surface area contributed by atoms with Crippen LogP contribution in [0.2, 0.25) is 0 Å². The average molecular weight is 223 g/mol. The van der Waals surface area contributed by atoms with Gasteiger partial charge in [-0.15, -0.1) is 0 Å². The van der Waals surface area contributed by atoms with Gasteiger partial charge in [0, 0.05) is 6.61 Å². The van der Waals surface area contributed by atoms with Gasteiger partial charge in [0.2, 0.25) is 0 Å². The SMILES string of the molecule is CCNC(c1ccc(C)o1)C1OCCC1C. The summed E-state index contributed by atoms with van der Waals surface area (Å²) in [6.07, 6.45) is 1.39. The van der Waals surface area contributed by atoms with Crippen LogP contribution in [0.4, 0.5) is 0 Å². The van der Waals surface area contributed by atoms with Gasteiger partial charge in [-0.2, -0.15) is 0 Å². The van der Waals surface area contributed by atoms with Crippen molar-refractivity contribution in [1.82, 2.24) is 5.32 Å². The van der Waals surface area contributed by atoms with Crippen molar-refractivity contribution in [3.05, 3.63) is 23.7 Å². The molecule has 1 aliphatic rings. The van der Waals surface area contributed by atoms with E-state index in [1.54, 1.807) is 0 Å². The Morgan fingerprint density at radius 2 is 2.31 bits per heavy atom. The lowest BCUT2D eigenvalue weighted by atomic mass is 9.96. The van der Waals surface area contributed by atoms with Gasteiger partial charge in [0.05, 0.1) is 12.1 Å². The van der Waals surface area contributed by atoms with Crippen LogP contribution in [0.5, 0.6) is 0 Å². The number of hydrogen-bond donors (Lipinski definition) is 1. The van der Waals surface area contributed by atoms with Crippen LogP contribution in [0.3, 0.4) is 0 Å². The molecular formula is C13H21NO2. The molecule has 0 bridgehead atoms. The topological polar surface area (TPSA) is 34.4 Å². The van der Waals surface area contributed by atoms with E-state index < -0.39 is 0 Å². The highest BCUT2D eigenvalue weighted by atomic mass is 16.5. The quantitative estimate of drug-likeness (QED) is 0.852. The molecule has 0 amide bonds. The lowest BCUT2D eigenvalue weighted by Gasteiger charge is -2.25. The molecule has 0 radical (unpaired) electrons. The van der Waals surface area contributed by atoms with Crippen molar-refractivity contribution in [3.63, 3.8) is 0 Å². The largest absolute Gasteiger partial charge is 0.465 e. The maximum Gasteiger partial charge on any atom is 0.123 e. The minimum absolute atomic E-state index is 0.191. The zero-order valence-electron chi connectivity index (χ0n) is 10.3. The summed E-state index contributed by atoms with van der Waals surface area (Å²) in [6.45, 7) is 8.13. The van der Waals surface area contributed by atoms with Crippen molar-refractivity contribution in [2.24, 2.45) is 5.92 Å². The molecular weight excluding hydrogens is 202 g/mol. The van der Waals surface area contributed by atoms with Gasteiger partial charge in [0.15, 0.2) is 0 Å². The summed E-state index contributed by atoms with van der Waals surface area (Å²) >= 11 is 0. The first kappa shape index (κ1) is 11.7. The van der Waals surface area contributed by atoms with Gasteiger partial charge in [0.25, 0.3) is 0 Å². The van der Waals surface area contributed by atoms with Gasteiger partial charge in [-0.05, 0) is 37.9 Å². The van der Waals surface area contributed by atoms with Crippen molar-refractivity contribution in [2.75, 3.05) is 13.2 Å². The Labute approximate surface area is 97.2 Å². The summed E-state index contributed by atoms with van der Waals surface area (Å²) in [5.41, 5.74) is 0. The Morgan fingerprint density at radius 3 is 2.81 bits per heavy atom. The zero-order chi connectivity index (χ0) is 11.5. The first-order valence-electron chi connectivity index (χ1n) is 6.13. The Morgan fingerprint density at radius 1 is 1.50 bits per heavy atom. The highest BCUT2D eigenvalue weighted by Crippen LogP contribution is 2.31. The van der Waals surface area contributed by atoms with Crippen LogP contribution in [-0.2, 0) is 4.74 Å². The van der Waals surface area contributed by atoms with Gasteiger partial charge < -0.3 is 14.5 Å². The highest BCUT2D eigenvalue weighted by molar-refractivity contribution is 5.12. The monoisotopic (exact) mass is 223 g/mol. The van der Waals surface area contributed by atoms with E-state index in [2.05, 4.69) is 25.2 Å². The van der Waals surface area contributed by atoms with Crippen molar-refractivity contribution in [3.8, 4) is 0 Å². The summed E-state index contributed by atoms with van der Waals surface area (Å²) in [5, 5.41) is 3.47. The van der Waals surface area contributed by atoms with Crippen LogP contribution in [0, 0.1) is 12.8 Å². The van der Waals surface area contributed by atoms with Crippen LogP contribution in [0.1, 0.15) is 37.8 Å². The predicted molar refractivity (Wildman–Crippen MR) is 63.4 cm³/mol. The molecule has 1 saturated heterocycles. The van der Waals surface area contributed by atoms with Crippen LogP contribution in [-0.4, -0.2) is 19.3 Å². The lowest BCUT2D eigenvalue weighted by Crippen LogP contribution is -2.34. The fourth-order valence-corrected chi connectivity index (χ4v) is 2.36. The molecule has 90 valence electrons. The molecule has 3 nitrogen and oxygen atoms in total. The Bertz CT molecular complexity index is 334. The summed E-state index contributed by atoms with van der Waals surface area (Å²) in [6, 6.07) is 4.26. The van der Waals surface area contributed by atoms with E-state index >= 15 is 0 Å². The number of nitrogens with one attached hydrogen (secondary N) is 1. The third-order valence-corrected chi connectivity index (χ3v) is 3.26. The molecule has 1 aromatic rings. The van der Waals surface area contributed by atoms with E-state index in [0.717, 1.165) is 31.1 Å². The van der Waals surface area contributed by atoms with Crippen LogP contribution in [0.15, 0.2) is 16.5 Å². The Hall–Kier alpha value is -0.800. The molecule has 3 unspecified atom stereocenters. The number of furan rings is 1. The Kier molecular flexibility index (Phi) is 3.66. The van der Waals surface area contributed by atoms with Crippen molar-refractivity contribution in [2.45, 2.75) is 39.3 Å². The van der Waals surface area contributed by atoms with Crippen molar-refractivity contribution in [1.29, 1.82) is 0 Å². The summed E-state index contributed by atoms with van der Waals surface area (Å²) in [7, 11) is 0. The molecule has 2 rings (SSSR count). The van der Waals surface area contributed by atoms with Crippen LogP contribution in [0.25, 0.3) is 0 Å². The standard InChI is InChI=1S/C13H21NO2/c1-4-14-12(11-6-5-10(3)16-11)13-9(2)7-8-15-13/h5-6,9,12-14H,4,7-8H2,1-3H3. The average Bonchev–Trinajstić information content (AvgIpc) is 2.84. The first-order chi connectivity index (χ1) is 7.72. The molecule has 0 aromatic carbocycles. The second-order valence-electron chi connectivity index (χ2n) is 4.59. The predicted octanol–water partition coefficient (Wildman–Crippen LogP) is 2.66. The molecule has 1 aliphatic heterocycles. The van der Waals surface area contributed by atoms with E-state index in [9.17, 15) is 0 Å². The lowest BCUT2D eigenvalue weighted by molar-refractivity contribution is 0.0541. The van der Waals surface area contributed by atoms with Crippen molar-refractivity contribution < 1.29 is 9.15 Å².